The summed E-state index contributed by atoms with van der Waals surface area (Å²) in [5.41, 5.74) is 1.46. The second kappa shape index (κ2) is 9.99. The van der Waals surface area contributed by atoms with Gasteiger partial charge in [-0.2, -0.15) is 0 Å². The van der Waals surface area contributed by atoms with Crippen molar-refractivity contribution in [2.24, 2.45) is 10.8 Å². The number of ether oxygens (including phenoxy) is 2. The van der Waals surface area contributed by atoms with Gasteiger partial charge in [0.25, 0.3) is 0 Å². The highest BCUT2D eigenvalue weighted by molar-refractivity contribution is 5.73. The van der Waals surface area contributed by atoms with Crippen LogP contribution in [-0.2, 0) is 9.59 Å². The quantitative estimate of drug-likeness (QED) is 0.465. The molecule has 6 nitrogen and oxygen atoms in total. The van der Waals surface area contributed by atoms with Crippen LogP contribution in [0.15, 0.2) is 6.07 Å². The monoisotopic (exact) mass is 408 g/mol. The van der Waals surface area contributed by atoms with Crippen LogP contribution < -0.4 is 9.47 Å². The normalized spacial score (nSPS) is 12.0. The second-order valence-corrected chi connectivity index (χ2v) is 9.05. The molecule has 1 rings (SSSR count). The zero-order valence-electron chi connectivity index (χ0n) is 18.8. The summed E-state index contributed by atoms with van der Waals surface area (Å²) >= 11 is 0. The Morgan fingerprint density at radius 2 is 1.28 bits per heavy atom. The molecule has 0 atom stereocenters. The van der Waals surface area contributed by atoms with Crippen LogP contribution in [0.2, 0.25) is 0 Å². The van der Waals surface area contributed by atoms with E-state index in [1.54, 1.807) is 27.7 Å². The molecule has 0 unspecified atom stereocenters. The van der Waals surface area contributed by atoms with Gasteiger partial charge in [0.05, 0.1) is 24.0 Å². The summed E-state index contributed by atoms with van der Waals surface area (Å²) in [6.07, 6.45) is 2.42. The Morgan fingerprint density at radius 1 is 0.828 bits per heavy atom. The SMILES string of the molecule is Cc1cc(OCCCC(C)(C)C(=O)O)c(C)c(C)c1OCCCC(C)(C)C(=O)O. The molecule has 29 heavy (non-hydrogen) atoms. The third-order valence-corrected chi connectivity index (χ3v) is 5.53. The maximum Gasteiger partial charge on any atom is 0.309 e. The zero-order chi connectivity index (χ0) is 22.4. The fraction of sp³-hybridized carbons (Fsp3) is 0.652. The Balaban J connectivity index is 2.66. The van der Waals surface area contributed by atoms with Crippen LogP contribution in [0.4, 0.5) is 0 Å². The Labute approximate surface area is 174 Å². The number of carboxylic acid groups (broad SMARTS) is 2. The molecule has 0 amide bonds. The van der Waals surface area contributed by atoms with Crippen molar-refractivity contribution in [2.75, 3.05) is 13.2 Å². The van der Waals surface area contributed by atoms with Gasteiger partial charge in [-0.3, -0.25) is 9.59 Å². The minimum absolute atomic E-state index is 0.459. The molecule has 0 aromatic heterocycles. The number of aliphatic carboxylic acids is 2. The topological polar surface area (TPSA) is 93.1 Å². The molecule has 6 heteroatoms. The standard InChI is InChI=1S/C23H36O6/c1-15-14-18(28-12-8-10-22(4,5)20(24)25)16(2)17(3)19(15)29-13-9-11-23(6,7)21(26)27/h14H,8-13H2,1-7H3,(H,24,25)(H,26,27). The summed E-state index contributed by atoms with van der Waals surface area (Å²) in [6.45, 7) is 13.7. The average Bonchev–Trinajstić information content (AvgIpc) is 2.61. The molecule has 0 aliphatic heterocycles. The molecule has 164 valence electrons. The summed E-state index contributed by atoms with van der Waals surface area (Å²) in [5.74, 6) is 0.00467. The maximum atomic E-state index is 11.2. The van der Waals surface area contributed by atoms with Crippen LogP contribution in [-0.4, -0.2) is 35.4 Å². The van der Waals surface area contributed by atoms with E-state index >= 15 is 0 Å². The predicted octanol–water partition coefficient (Wildman–Crippen LogP) is 5.15. The number of hydrogen-bond acceptors (Lipinski definition) is 4. The Bertz CT molecular complexity index is 733. The first-order valence-corrected chi connectivity index (χ1v) is 10.1. The molecule has 0 bridgehead atoms. The summed E-state index contributed by atoms with van der Waals surface area (Å²) in [5, 5.41) is 18.4. The van der Waals surface area contributed by atoms with E-state index in [-0.39, 0.29) is 0 Å². The molecule has 0 fully saturated rings. The first kappa shape index (κ1) is 24.8. The molecule has 0 aliphatic rings. The molecule has 0 heterocycles. The van der Waals surface area contributed by atoms with Crippen molar-refractivity contribution in [3.05, 3.63) is 22.8 Å². The largest absolute Gasteiger partial charge is 0.493 e. The number of rotatable bonds is 12. The Morgan fingerprint density at radius 3 is 1.72 bits per heavy atom. The zero-order valence-corrected chi connectivity index (χ0v) is 18.8. The lowest BCUT2D eigenvalue weighted by molar-refractivity contribution is -0.148. The molecule has 0 aliphatic carbocycles. The van der Waals surface area contributed by atoms with Gasteiger partial charge in [0.1, 0.15) is 11.5 Å². The third kappa shape index (κ3) is 6.94. The van der Waals surface area contributed by atoms with Gasteiger partial charge in [-0.1, -0.05) is 0 Å². The van der Waals surface area contributed by atoms with Crippen LogP contribution in [0.25, 0.3) is 0 Å². The van der Waals surface area contributed by atoms with E-state index in [0.29, 0.717) is 38.9 Å². The maximum absolute atomic E-state index is 11.2. The van der Waals surface area contributed by atoms with Crippen LogP contribution in [0.5, 0.6) is 11.5 Å². The van der Waals surface area contributed by atoms with Gasteiger partial charge < -0.3 is 19.7 Å². The van der Waals surface area contributed by atoms with Gasteiger partial charge in [-0.15, -0.1) is 0 Å². The lowest BCUT2D eigenvalue weighted by Gasteiger charge is -2.21. The molecule has 1 aromatic carbocycles. The van der Waals surface area contributed by atoms with Crippen molar-refractivity contribution in [1.29, 1.82) is 0 Å². The lowest BCUT2D eigenvalue weighted by Crippen LogP contribution is -2.24. The molecular weight excluding hydrogens is 372 g/mol. The summed E-state index contributed by atoms with van der Waals surface area (Å²) in [4.78, 5) is 22.4. The number of carboxylic acids is 2. The highest BCUT2D eigenvalue weighted by Crippen LogP contribution is 2.34. The van der Waals surface area contributed by atoms with Crippen molar-refractivity contribution in [3.63, 3.8) is 0 Å². The minimum atomic E-state index is -0.798. The van der Waals surface area contributed by atoms with Crippen LogP contribution in [0.3, 0.4) is 0 Å². The van der Waals surface area contributed by atoms with Crippen molar-refractivity contribution in [2.45, 2.75) is 74.1 Å². The molecule has 0 saturated heterocycles. The van der Waals surface area contributed by atoms with Gasteiger partial charge >= 0.3 is 11.9 Å². The Hall–Kier alpha value is -2.24. The van der Waals surface area contributed by atoms with Crippen molar-refractivity contribution in [1.82, 2.24) is 0 Å². The van der Waals surface area contributed by atoms with Gasteiger partial charge in [0, 0.05) is 0 Å². The number of carbonyl (C=O) groups is 2. The summed E-state index contributed by atoms with van der Waals surface area (Å²) in [6, 6.07) is 1.95. The van der Waals surface area contributed by atoms with E-state index in [9.17, 15) is 19.8 Å². The van der Waals surface area contributed by atoms with E-state index in [2.05, 4.69) is 0 Å². The lowest BCUT2D eigenvalue weighted by atomic mass is 9.88. The van der Waals surface area contributed by atoms with E-state index in [1.807, 2.05) is 26.8 Å². The molecule has 0 spiro atoms. The van der Waals surface area contributed by atoms with Gasteiger partial charge in [-0.05, 0) is 96.9 Å². The number of hydrogen-bond donors (Lipinski definition) is 2. The number of benzene rings is 1. The van der Waals surface area contributed by atoms with Crippen LogP contribution in [0.1, 0.15) is 70.1 Å². The van der Waals surface area contributed by atoms with Crippen molar-refractivity contribution >= 4 is 11.9 Å². The van der Waals surface area contributed by atoms with Gasteiger partial charge in [0.15, 0.2) is 0 Å². The highest BCUT2D eigenvalue weighted by atomic mass is 16.5. The van der Waals surface area contributed by atoms with E-state index in [0.717, 1.165) is 28.2 Å². The average molecular weight is 409 g/mol. The molecular formula is C23H36O6. The molecule has 1 aromatic rings. The number of aryl methyl sites for hydroxylation is 1. The van der Waals surface area contributed by atoms with Crippen LogP contribution in [0, 0.1) is 31.6 Å². The summed E-state index contributed by atoms with van der Waals surface area (Å²) in [7, 11) is 0. The van der Waals surface area contributed by atoms with Crippen LogP contribution >= 0.6 is 0 Å². The highest BCUT2D eigenvalue weighted by Gasteiger charge is 2.27. The molecule has 0 radical (unpaired) electrons. The Kier molecular flexibility index (Phi) is 8.54. The minimum Gasteiger partial charge on any atom is -0.493 e. The van der Waals surface area contributed by atoms with Gasteiger partial charge in [-0.25, -0.2) is 0 Å². The summed E-state index contributed by atoms with van der Waals surface area (Å²) < 4.78 is 11.9. The van der Waals surface area contributed by atoms with Gasteiger partial charge in [0.2, 0.25) is 0 Å². The van der Waals surface area contributed by atoms with E-state index < -0.39 is 22.8 Å². The first-order valence-electron chi connectivity index (χ1n) is 10.1. The van der Waals surface area contributed by atoms with E-state index in [4.69, 9.17) is 9.47 Å². The fourth-order valence-electron chi connectivity index (χ4n) is 2.99. The predicted molar refractivity (Wildman–Crippen MR) is 113 cm³/mol. The molecule has 2 N–H and O–H groups in total. The van der Waals surface area contributed by atoms with E-state index in [1.165, 1.54) is 0 Å². The smallest absolute Gasteiger partial charge is 0.309 e. The first-order chi connectivity index (χ1) is 13.3. The van der Waals surface area contributed by atoms with Crippen molar-refractivity contribution < 1.29 is 29.3 Å². The molecule has 0 saturated carbocycles. The van der Waals surface area contributed by atoms with Crippen molar-refractivity contribution in [3.8, 4) is 11.5 Å². The fourth-order valence-corrected chi connectivity index (χ4v) is 2.99. The third-order valence-electron chi connectivity index (χ3n) is 5.53. The second-order valence-electron chi connectivity index (χ2n) is 9.05.